The molecule has 1 heterocycles. The molecule has 106 valence electrons. The van der Waals surface area contributed by atoms with E-state index in [1.165, 1.54) is 0 Å². The Morgan fingerprint density at radius 2 is 1.84 bits per heavy atom. The summed E-state index contributed by atoms with van der Waals surface area (Å²) in [5.74, 6) is 0. The third kappa shape index (κ3) is 3.25. The molecule has 1 aromatic carbocycles. The van der Waals surface area contributed by atoms with Gasteiger partial charge in [-0.3, -0.25) is 0 Å². The van der Waals surface area contributed by atoms with Gasteiger partial charge in [-0.05, 0) is 24.3 Å². The van der Waals surface area contributed by atoms with Crippen molar-refractivity contribution in [3.63, 3.8) is 0 Å². The molecule has 7 heteroatoms. The standard InChI is InChI=1S/C12H16BrNO5/c13-6-1-3-7(4-2-6)14-12-10(18)9(17)11(19-12)8(16)5-15/h1-4,8-12,14-18H,5H2/t8-,9+,10+,11-,12+/m1/s1. The molecule has 1 saturated heterocycles. The van der Waals surface area contributed by atoms with Crippen molar-refractivity contribution >= 4 is 21.6 Å². The summed E-state index contributed by atoms with van der Waals surface area (Å²) >= 11 is 3.31. The van der Waals surface area contributed by atoms with Crippen LogP contribution in [0.3, 0.4) is 0 Å². The lowest BCUT2D eigenvalue weighted by atomic mass is 10.1. The summed E-state index contributed by atoms with van der Waals surface area (Å²) < 4.78 is 6.26. The van der Waals surface area contributed by atoms with Gasteiger partial charge in [0.05, 0.1) is 6.61 Å². The predicted molar refractivity (Wildman–Crippen MR) is 71.5 cm³/mol. The minimum absolute atomic E-state index is 0.542. The lowest BCUT2D eigenvalue weighted by molar-refractivity contribution is -0.0774. The number of halogens is 1. The zero-order valence-electron chi connectivity index (χ0n) is 9.98. The molecule has 1 aliphatic heterocycles. The molecule has 0 radical (unpaired) electrons. The molecular weight excluding hydrogens is 318 g/mol. The maximum Gasteiger partial charge on any atom is 0.157 e. The molecular formula is C12H16BrNO5. The molecule has 1 fully saturated rings. The summed E-state index contributed by atoms with van der Waals surface area (Å²) in [7, 11) is 0. The molecule has 0 bridgehead atoms. The number of hydrogen-bond acceptors (Lipinski definition) is 6. The fraction of sp³-hybridized carbons (Fsp3) is 0.500. The number of benzene rings is 1. The monoisotopic (exact) mass is 333 g/mol. The molecule has 2 rings (SSSR count). The van der Waals surface area contributed by atoms with Crippen LogP contribution < -0.4 is 5.32 Å². The lowest BCUT2D eigenvalue weighted by Gasteiger charge is -2.19. The predicted octanol–water partition coefficient (Wildman–Crippen LogP) is -0.339. The highest BCUT2D eigenvalue weighted by atomic mass is 79.9. The Labute approximate surface area is 118 Å². The molecule has 1 aliphatic rings. The molecule has 1 aromatic rings. The minimum Gasteiger partial charge on any atom is -0.394 e. The third-order valence-electron chi connectivity index (χ3n) is 3.02. The van der Waals surface area contributed by atoms with Crippen LogP contribution in [0.5, 0.6) is 0 Å². The minimum atomic E-state index is -1.25. The van der Waals surface area contributed by atoms with Gasteiger partial charge in [0, 0.05) is 10.2 Å². The fourth-order valence-corrected chi connectivity index (χ4v) is 2.22. The first kappa shape index (κ1) is 14.7. The van der Waals surface area contributed by atoms with Crippen molar-refractivity contribution < 1.29 is 25.2 Å². The summed E-state index contributed by atoms with van der Waals surface area (Å²) in [5.41, 5.74) is 0.707. The quantitative estimate of drug-likeness (QED) is 0.516. The van der Waals surface area contributed by atoms with E-state index in [-0.39, 0.29) is 0 Å². The van der Waals surface area contributed by atoms with Crippen LogP contribution in [0.15, 0.2) is 28.7 Å². The van der Waals surface area contributed by atoms with E-state index >= 15 is 0 Å². The molecule has 0 saturated carbocycles. The Hall–Kier alpha value is -0.700. The van der Waals surface area contributed by atoms with Crippen molar-refractivity contribution in [1.29, 1.82) is 0 Å². The molecule has 0 unspecified atom stereocenters. The maximum absolute atomic E-state index is 9.85. The summed E-state index contributed by atoms with van der Waals surface area (Å²) in [4.78, 5) is 0. The van der Waals surface area contributed by atoms with Crippen molar-refractivity contribution in [3.05, 3.63) is 28.7 Å². The van der Waals surface area contributed by atoms with Crippen molar-refractivity contribution in [2.45, 2.75) is 30.6 Å². The first-order valence-electron chi connectivity index (χ1n) is 5.85. The second kappa shape index (κ2) is 6.17. The van der Waals surface area contributed by atoms with Crippen LogP contribution in [0.1, 0.15) is 0 Å². The molecule has 5 N–H and O–H groups in total. The average molecular weight is 334 g/mol. The summed E-state index contributed by atoms with van der Waals surface area (Å²) in [6.45, 7) is -0.542. The zero-order valence-corrected chi connectivity index (χ0v) is 11.6. The van der Waals surface area contributed by atoms with Crippen molar-refractivity contribution in [3.8, 4) is 0 Å². The molecule has 0 amide bonds. The highest BCUT2D eigenvalue weighted by Crippen LogP contribution is 2.25. The van der Waals surface area contributed by atoms with Crippen molar-refractivity contribution in [1.82, 2.24) is 0 Å². The second-order valence-electron chi connectivity index (χ2n) is 4.40. The van der Waals surface area contributed by atoms with Gasteiger partial charge in [0.15, 0.2) is 6.23 Å². The highest BCUT2D eigenvalue weighted by Gasteiger charge is 2.45. The highest BCUT2D eigenvalue weighted by molar-refractivity contribution is 9.10. The normalized spacial score (nSPS) is 32.3. The number of nitrogens with one attached hydrogen (secondary N) is 1. The maximum atomic E-state index is 9.85. The van der Waals surface area contributed by atoms with Gasteiger partial charge in [0.1, 0.15) is 24.4 Å². The number of ether oxygens (including phenoxy) is 1. The van der Waals surface area contributed by atoms with Crippen LogP contribution in [0.25, 0.3) is 0 Å². The van der Waals surface area contributed by atoms with Crippen LogP contribution >= 0.6 is 15.9 Å². The first-order chi connectivity index (χ1) is 9.02. The van der Waals surface area contributed by atoms with Crippen molar-refractivity contribution in [2.24, 2.45) is 0 Å². The van der Waals surface area contributed by atoms with Crippen LogP contribution in [0, 0.1) is 0 Å². The van der Waals surface area contributed by atoms with E-state index in [9.17, 15) is 15.3 Å². The van der Waals surface area contributed by atoms with Gasteiger partial charge in [-0.2, -0.15) is 0 Å². The number of aliphatic hydroxyl groups is 4. The van der Waals surface area contributed by atoms with Crippen LogP contribution in [0.4, 0.5) is 5.69 Å². The SMILES string of the molecule is OC[C@@H](O)[C@H]1O[C@H](Nc2ccc(Br)cc2)[C@@H](O)[C@@H]1O. The van der Waals surface area contributed by atoms with Gasteiger partial charge in [-0.25, -0.2) is 0 Å². The number of anilines is 1. The average Bonchev–Trinajstić information content (AvgIpc) is 2.69. The van der Waals surface area contributed by atoms with Gasteiger partial charge >= 0.3 is 0 Å². The van der Waals surface area contributed by atoms with E-state index in [1.54, 1.807) is 12.1 Å². The van der Waals surface area contributed by atoms with Gasteiger partial charge in [0.2, 0.25) is 0 Å². The second-order valence-corrected chi connectivity index (χ2v) is 5.32. The van der Waals surface area contributed by atoms with Crippen LogP contribution in [-0.2, 0) is 4.74 Å². The van der Waals surface area contributed by atoms with Gasteiger partial charge in [-0.1, -0.05) is 15.9 Å². The van der Waals surface area contributed by atoms with Crippen LogP contribution in [0.2, 0.25) is 0 Å². The van der Waals surface area contributed by atoms with E-state index in [0.29, 0.717) is 5.69 Å². The Morgan fingerprint density at radius 1 is 1.21 bits per heavy atom. The Bertz CT molecular complexity index is 415. The van der Waals surface area contributed by atoms with Crippen molar-refractivity contribution in [2.75, 3.05) is 11.9 Å². The molecule has 19 heavy (non-hydrogen) atoms. The number of hydrogen-bond donors (Lipinski definition) is 5. The van der Waals surface area contributed by atoms with E-state index < -0.39 is 37.3 Å². The van der Waals surface area contributed by atoms with E-state index in [0.717, 1.165) is 4.47 Å². The van der Waals surface area contributed by atoms with E-state index in [2.05, 4.69) is 21.2 Å². The molecule has 0 spiro atoms. The van der Waals surface area contributed by atoms with E-state index in [4.69, 9.17) is 9.84 Å². The summed E-state index contributed by atoms with van der Waals surface area (Å²) in [6.07, 6.45) is -5.54. The topological polar surface area (TPSA) is 102 Å². The Balaban J connectivity index is 2.03. The van der Waals surface area contributed by atoms with Gasteiger partial charge < -0.3 is 30.5 Å². The molecule has 0 aliphatic carbocycles. The van der Waals surface area contributed by atoms with Gasteiger partial charge in [0.25, 0.3) is 0 Å². The van der Waals surface area contributed by atoms with Crippen LogP contribution in [-0.4, -0.2) is 57.7 Å². The molecule has 5 atom stereocenters. The number of rotatable bonds is 4. The van der Waals surface area contributed by atoms with E-state index in [1.807, 2.05) is 12.1 Å². The third-order valence-corrected chi connectivity index (χ3v) is 3.55. The fourth-order valence-electron chi connectivity index (χ4n) is 1.96. The lowest BCUT2D eigenvalue weighted by Crippen LogP contribution is -2.40. The zero-order chi connectivity index (χ0) is 14.0. The summed E-state index contributed by atoms with van der Waals surface area (Å²) in [5, 5.41) is 40.9. The number of aliphatic hydroxyl groups excluding tert-OH is 4. The summed E-state index contributed by atoms with van der Waals surface area (Å²) in [6, 6.07) is 7.20. The first-order valence-corrected chi connectivity index (χ1v) is 6.65. The Kier molecular flexibility index (Phi) is 4.77. The smallest absolute Gasteiger partial charge is 0.157 e. The molecule has 0 aromatic heterocycles. The van der Waals surface area contributed by atoms with Gasteiger partial charge in [-0.15, -0.1) is 0 Å². The Morgan fingerprint density at radius 3 is 2.42 bits per heavy atom. The molecule has 6 nitrogen and oxygen atoms in total. The largest absolute Gasteiger partial charge is 0.394 e.